The summed E-state index contributed by atoms with van der Waals surface area (Å²) >= 11 is 5.89. The van der Waals surface area contributed by atoms with Gasteiger partial charge in [0, 0.05) is 17.8 Å². The molecule has 1 rings (SSSR count). The van der Waals surface area contributed by atoms with Crippen molar-refractivity contribution < 1.29 is 8.42 Å². The number of thiophene rings is 1. The van der Waals surface area contributed by atoms with Gasteiger partial charge in [0.25, 0.3) is 0 Å². The molecule has 0 aliphatic heterocycles. The molecule has 3 N–H and O–H groups in total. The fourth-order valence-electron chi connectivity index (χ4n) is 0.936. The highest BCUT2D eigenvalue weighted by Gasteiger charge is 2.14. The van der Waals surface area contributed by atoms with Crippen LogP contribution in [-0.2, 0) is 10.0 Å². The Hall–Kier alpha value is -0.500. The summed E-state index contributed by atoms with van der Waals surface area (Å²) in [5.74, 6) is 0. The molecule has 15 heavy (non-hydrogen) atoms. The standard InChI is InChI=1S/C8H12N2O2S3/c1-6-2-3-8(14-6)15(11,12)10-5-4-7(9)13/h2-3,10H,4-5H2,1H3,(H2,9,13). The smallest absolute Gasteiger partial charge is 0.250 e. The topological polar surface area (TPSA) is 72.2 Å². The number of aryl methyl sites for hydroxylation is 1. The third-order valence-corrected chi connectivity index (χ3v) is 4.80. The van der Waals surface area contributed by atoms with Gasteiger partial charge in [0.1, 0.15) is 4.21 Å². The highest BCUT2D eigenvalue weighted by Crippen LogP contribution is 2.19. The van der Waals surface area contributed by atoms with Crippen LogP contribution in [0.3, 0.4) is 0 Å². The van der Waals surface area contributed by atoms with E-state index in [1.54, 1.807) is 12.1 Å². The Morgan fingerprint density at radius 3 is 2.73 bits per heavy atom. The SMILES string of the molecule is Cc1ccc(S(=O)(=O)NCCC(N)=S)s1. The van der Waals surface area contributed by atoms with Crippen molar-refractivity contribution in [2.45, 2.75) is 17.6 Å². The maximum Gasteiger partial charge on any atom is 0.250 e. The van der Waals surface area contributed by atoms with Gasteiger partial charge in [0.05, 0.1) is 4.99 Å². The molecule has 0 saturated carbocycles. The molecular formula is C8H12N2O2S3. The normalized spacial score (nSPS) is 11.5. The van der Waals surface area contributed by atoms with Gasteiger partial charge in [-0.1, -0.05) is 12.2 Å². The van der Waals surface area contributed by atoms with Gasteiger partial charge in [-0.25, -0.2) is 13.1 Å². The summed E-state index contributed by atoms with van der Waals surface area (Å²) in [4.78, 5) is 1.27. The number of sulfonamides is 1. The summed E-state index contributed by atoms with van der Waals surface area (Å²) in [6.45, 7) is 2.10. The molecule has 1 heterocycles. The van der Waals surface area contributed by atoms with Gasteiger partial charge in [-0.2, -0.15) is 0 Å². The molecule has 0 radical (unpaired) electrons. The van der Waals surface area contributed by atoms with Crippen molar-refractivity contribution in [1.82, 2.24) is 4.72 Å². The van der Waals surface area contributed by atoms with Crippen LogP contribution in [0.25, 0.3) is 0 Å². The summed E-state index contributed by atoms with van der Waals surface area (Å²) in [5.41, 5.74) is 5.26. The first-order valence-electron chi connectivity index (χ1n) is 4.26. The van der Waals surface area contributed by atoms with Gasteiger partial charge >= 0.3 is 0 Å². The first kappa shape index (κ1) is 12.6. The van der Waals surface area contributed by atoms with Crippen LogP contribution in [0, 0.1) is 6.92 Å². The molecule has 0 atom stereocenters. The Bertz CT molecular complexity index is 450. The first-order chi connectivity index (χ1) is 6.92. The molecule has 0 bridgehead atoms. The molecule has 0 saturated heterocycles. The maximum atomic E-state index is 11.6. The maximum absolute atomic E-state index is 11.6. The van der Waals surface area contributed by atoms with Crippen LogP contribution in [-0.4, -0.2) is 20.0 Å². The highest BCUT2D eigenvalue weighted by molar-refractivity contribution is 7.91. The predicted octanol–water partition coefficient (Wildman–Crippen LogP) is 1.01. The molecule has 4 nitrogen and oxygen atoms in total. The third-order valence-electron chi connectivity index (χ3n) is 1.64. The van der Waals surface area contributed by atoms with Gasteiger partial charge in [-0.15, -0.1) is 11.3 Å². The van der Waals surface area contributed by atoms with Crippen molar-refractivity contribution in [1.29, 1.82) is 0 Å². The van der Waals surface area contributed by atoms with Crippen LogP contribution in [0.4, 0.5) is 0 Å². The lowest BCUT2D eigenvalue weighted by atomic mass is 10.4. The molecule has 0 unspecified atom stereocenters. The largest absolute Gasteiger partial charge is 0.393 e. The lowest BCUT2D eigenvalue weighted by molar-refractivity contribution is 0.585. The van der Waals surface area contributed by atoms with Crippen LogP contribution in [0.1, 0.15) is 11.3 Å². The minimum atomic E-state index is -3.38. The van der Waals surface area contributed by atoms with Crippen molar-refractivity contribution in [3.63, 3.8) is 0 Å². The van der Waals surface area contributed by atoms with Crippen molar-refractivity contribution in [3.8, 4) is 0 Å². The second-order valence-electron chi connectivity index (χ2n) is 2.98. The second kappa shape index (κ2) is 5.02. The van der Waals surface area contributed by atoms with Crippen LogP contribution >= 0.6 is 23.6 Å². The number of thiocarbonyl (C=S) groups is 1. The number of nitrogens with two attached hydrogens (primary N) is 1. The molecule has 0 spiro atoms. The van der Waals surface area contributed by atoms with Crippen molar-refractivity contribution in [2.24, 2.45) is 5.73 Å². The van der Waals surface area contributed by atoms with Gasteiger partial charge < -0.3 is 5.73 Å². The molecule has 1 aromatic heterocycles. The van der Waals surface area contributed by atoms with E-state index >= 15 is 0 Å². The molecular weight excluding hydrogens is 252 g/mol. The molecule has 0 amide bonds. The van der Waals surface area contributed by atoms with Gasteiger partial charge in [0.15, 0.2) is 0 Å². The molecule has 0 aliphatic carbocycles. The lowest BCUT2D eigenvalue weighted by Gasteiger charge is -2.03. The Labute approximate surface area is 98.5 Å². The van der Waals surface area contributed by atoms with E-state index in [-0.39, 0.29) is 6.54 Å². The Kier molecular flexibility index (Phi) is 4.21. The van der Waals surface area contributed by atoms with E-state index in [1.807, 2.05) is 6.92 Å². The van der Waals surface area contributed by atoms with E-state index in [9.17, 15) is 8.42 Å². The minimum Gasteiger partial charge on any atom is -0.393 e. The fraction of sp³-hybridized carbons (Fsp3) is 0.375. The molecule has 7 heteroatoms. The van der Waals surface area contributed by atoms with E-state index < -0.39 is 10.0 Å². The minimum absolute atomic E-state index is 0.245. The Balaban J connectivity index is 2.64. The van der Waals surface area contributed by atoms with E-state index in [4.69, 9.17) is 5.73 Å². The first-order valence-corrected chi connectivity index (χ1v) is 6.97. The summed E-state index contributed by atoms with van der Waals surface area (Å²) in [7, 11) is -3.38. The van der Waals surface area contributed by atoms with E-state index in [2.05, 4.69) is 16.9 Å². The average Bonchev–Trinajstić information content (AvgIpc) is 2.51. The van der Waals surface area contributed by atoms with Crippen LogP contribution < -0.4 is 10.5 Å². The third kappa shape index (κ3) is 3.86. The zero-order valence-corrected chi connectivity index (χ0v) is 10.6. The summed E-state index contributed by atoms with van der Waals surface area (Å²) in [6, 6.07) is 3.36. The Morgan fingerprint density at radius 1 is 1.60 bits per heavy atom. The zero-order chi connectivity index (χ0) is 11.5. The van der Waals surface area contributed by atoms with Crippen LogP contribution in [0.2, 0.25) is 0 Å². The quantitative estimate of drug-likeness (QED) is 0.779. The van der Waals surface area contributed by atoms with Crippen LogP contribution in [0.15, 0.2) is 16.3 Å². The number of rotatable bonds is 5. The highest BCUT2D eigenvalue weighted by atomic mass is 32.2. The number of nitrogens with one attached hydrogen (secondary N) is 1. The number of hydrogen-bond acceptors (Lipinski definition) is 4. The molecule has 0 aliphatic rings. The van der Waals surface area contributed by atoms with Crippen LogP contribution in [0.5, 0.6) is 0 Å². The lowest BCUT2D eigenvalue weighted by Crippen LogP contribution is -2.26. The summed E-state index contributed by atoms with van der Waals surface area (Å²) < 4.78 is 26.0. The predicted molar refractivity (Wildman–Crippen MR) is 65.6 cm³/mol. The molecule has 84 valence electrons. The second-order valence-corrected chi connectivity index (χ2v) is 6.79. The molecule has 1 aromatic rings. The molecule has 0 aromatic carbocycles. The van der Waals surface area contributed by atoms with Crippen molar-refractivity contribution in [2.75, 3.05) is 6.54 Å². The van der Waals surface area contributed by atoms with Gasteiger partial charge in [0.2, 0.25) is 10.0 Å². The van der Waals surface area contributed by atoms with E-state index in [0.29, 0.717) is 15.6 Å². The van der Waals surface area contributed by atoms with Crippen molar-refractivity contribution in [3.05, 3.63) is 17.0 Å². The zero-order valence-electron chi connectivity index (χ0n) is 8.19. The number of hydrogen-bond donors (Lipinski definition) is 2. The van der Waals surface area contributed by atoms with Crippen molar-refractivity contribution >= 4 is 38.6 Å². The fourth-order valence-corrected chi connectivity index (χ4v) is 3.40. The van der Waals surface area contributed by atoms with E-state index in [1.165, 1.54) is 11.3 Å². The summed E-state index contributed by atoms with van der Waals surface area (Å²) in [5, 5.41) is 0. The summed E-state index contributed by atoms with van der Waals surface area (Å²) in [6.07, 6.45) is 0.374. The van der Waals surface area contributed by atoms with Gasteiger partial charge in [-0.05, 0) is 19.1 Å². The Morgan fingerprint density at radius 2 is 2.27 bits per heavy atom. The van der Waals surface area contributed by atoms with E-state index in [0.717, 1.165) is 4.88 Å². The average molecular weight is 264 g/mol. The monoisotopic (exact) mass is 264 g/mol. The van der Waals surface area contributed by atoms with Gasteiger partial charge in [-0.3, -0.25) is 0 Å². The molecule has 0 fully saturated rings.